The molecule has 7 nitrogen and oxygen atoms in total. The normalized spacial score (nSPS) is 30.2. The Hall–Kier alpha value is -2.09. The van der Waals surface area contributed by atoms with Gasteiger partial charge < -0.3 is 25.3 Å². The van der Waals surface area contributed by atoms with Gasteiger partial charge in [-0.3, -0.25) is 4.79 Å². The fourth-order valence-electron chi connectivity index (χ4n) is 5.86. The number of benzene rings is 1. The molecule has 0 spiro atoms. The van der Waals surface area contributed by atoms with E-state index < -0.39 is 5.60 Å². The molecule has 3 fully saturated rings. The van der Waals surface area contributed by atoms with Gasteiger partial charge in [-0.1, -0.05) is 31.5 Å². The van der Waals surface area contributed by atoms with Gasteiger partial charge in [-0.15, -0.1) is 0 Å². The van der Waals surface area contributed by atoms with Crippen LogP contribution < -0.4 is 10.2 Å². The number of fused-ring (bicyclic) bond motifs is 1. The standard InChI is InChI=1S/C28H41N3O4/c1-20-18-30(15-11-26(20)32)16-14-28(34)12-9-23(10-13-28)29-27(33)25-17-22-7-2-3-8-24(22)31(25)35-19-21-5-4-6-21/h2-3,7-8,17,20-21,23,26,32,34H,4-6,9-16,18-19H2,1H3,(H,29,33)/t20-,23?,26-,28?/m0/s1. The molecule has 0 bridgehead atoms. The number of nitrogens with one attached hydrogen (secondary N) is 1. The lowest BCUT2D eigenvalue weighted by Crippen LogP contribution is -2.47. The molecule has 1 saturated heterocycles. The van der Waals surface area contributed by atoms with Crippen LogP contribution in [0.25, 0.3) is 10.9 Å². The Morgan fingerprint density at radius 2 is 1.94 bits per heavy atom. The highest BCUT2D eigenvalue weighted by molar-refractivity contribution is 5.98. The first-order valence-electron chi connectivity index (χ1n) is 13.6. The number of para-hydroxylation sites is 1. The van der Waals surface area contributed by atoms with Crippen molar-refractivity contribution in [3.63, 3.8) is 0 Å². The van der Waals surface area contributed by atoms with E-state index in [1.807, 2.05) is 30.3 Å². The number of piperidine rings is 1. The molecule has 35 heavy (non-hydrogen) atoms. The summed E-state index contributed by atoms with van der Waals surface area (Å²) in [6.07, 6.45) is 7.98. The van der Waals surface area contributed by atoms with Crippen molar-refractivity contribution >= 4 is 16.8 Å². The van der Waals surface area contributed by atoms with E-state index in [9.17, 15) is 15.0 Å². The zero-order valence-corrected chi connectivity index (χ0v) is 21.0. The lowest BCUT2D eigenvalue weighted by molar-refractivity contribution is -0.0273. The molecular weight excluding hydrogens is 442 g/mol. The highest BCUT2D eigenvalue weighted by Gasteiger charge is 2.35. The number of aliphatic hydroxyl groups is 2. The molecule has 1 amide bonds. The Morgan fingerprint density at radius 3 is 2.66 bits per heavy atom. The van der Waals surface area contributed by atoms with Crippen molar-refractivity contribution < 1.29 is 19.8 Å². The van der Waals surface area contributed by atoms with Gasteiger partial charge in [0.05, 0.1) is 17.2 Å². The fraction of sp³-hybridized carbons (Fsp3) is 0.679. The Morgan fingerprint density at radius 1 is 1.17 bits per heavy atom. The van der Waals surface area contributed by atoms with Crippen LogP contribution in [0.15, 0.2) is 30.3 Å². The molecule has 1 aromatic carbocycles. The third-order valence-corrected chi connectivity index (χ3v) is 8.65. The molecule has 1 aliphatic heterocycles. The molecule has 2 saturated carbocycles. The van der Waals surface area contributed by atoms with Gasteiger partial charge in [0.1, 0.15) is 12.3 Å². The largest absolute Gasteiger partial charge is 0.413 e. The number of carbonyl (C=O) groups is 1. The second-order valence-electron chi connectivity index (χ2n) is 11.3. The van der Waals surface area contributed by atoms with Crippen LogP contribution in [0.3, 0.4) is 0 Å². The van der Waals surface area contributed by atoms with Crippen LogP contribution >= 0.6 is 0 Å². The molecular formula is C28H41N3O4. The quantitative estimate of drug-likeness (QED) is 0.536. The molecule has 5 rings (SSSR count). The van der Waals surface area contributed by atoms with E-state index in [4.69, 9.17) is 4.84 Å². The number of aromatic nitrogens is 1. The van der Waals surface area contributed by atoms with E-state index in [2.05, 4.69) is 17.1 Å². The summed E-state index contributed by atoms with van der Waals surface area (Å²) < 4.78 is 1.72. The predicted molar refractivity (Wildman–Crippen MR) is 136 cm³/mol. The lowest BCUT2D eigenvalue weighted by atomic mass is 9.80. The van der Waals surface area contributed by atoms with Crippen LogP contribution in [0.5, 0.6) is 0 Å². The predicted octanol–water partition coefficient (Wildman–Crippen LogP) is 3.37. The number of hydrogen-bond donors (Lipinski definition) is 3. The number of nitrogens with zero attached hydrogens (tertiary/aromatic N) is 2. The number of carbonyl (C=O) groups excluding carboxylic acids is 1. The minimum atomic E-state index is -0.665. The van der Waals surface area contributed by atoms with Crippen LogP contribution in [0.4, 0.5) is 0 Å². The maximum atomic E-state index is 13.3. The maximum absolute atomic E-state index is 13.3. The summed E-state index contributed by atoms with van der Waals surface area (Å²) in [6, 6.07) is 9.95. The summed E-state index contributed by atoms with van der Waals surface area (Å²) in [5.41, 5.74) is 0.809. The maximum Gasteiger partial charge on any atom is 0.271 e. The Balaban J connectivity index is 1.15. The number of hydrogen-bond acceptors (Lipinski definition) is 5. The van der Waals surface area contributed by atoms with Gasteiger partial charge in [-0.05, 0) is 75.3 Å². The number of likely N-dealkylation sites (tertiary alicyclic amines) is 1. The SMILES string of the molecule is C[C@H]1CN(CCC2(O)CCC(NC(=O)c3cc4ccccc4n3OCC3CCC3)CC2)CC[C@@H]1O. The van der Waals surface area contributed by atoms with Gasteiger partial charge >= 0.3 is 0 Å². The highest BCUT2D eigenvalue weighted by Crippen LogP contribution is 2.32. The summed E-state index contributed by atoms with van der Waals surface area (Å²) in [6.45, 7) is 5.40. The molecule has 1 aromatic heterocycles. The first-order chi connectivity index (χ1) is 16.9. The molecule has 2 atom stereocenters. The first-order valence-corrected chi connectivity index (χ1v) is 13.6. The molecule has 0 radical (unpaired) electrons. The average molecular weight is 484 g/mol. The van der Waals surface area contributed by atoms with Crippen molar-refractivity contribution in [3.8, 4) is 0 Å². The van der Waals surface area contributed by atoms with Gasteiger partial charge in [0.15, 0.2) is 0 Å². The van der Waals surface area contributed by atoms with Crippen LogP contribution in [0.2, 0.25) is 0 Å². The van der Waals surface area contributed by atoms with Crippen molar-refractivity contribution in [3.05, 3.63) is 36.0 Å². The summed E-state index contributed by atoms with van der Waals surface area (Å²) >= 11 is 0. The summed E-state index contributed by atoms with van der Waals surface area (Å²) in [4.78, 5) is 21.8. The third kappa shape index (κ3) is 5.68. The van der Waals surface area contributed by atoms with Gasteiger partial charge in [-0.25, -0.2) is 0 Å². The molecule has 2 aliphatic carbocycles. The average Bonchev–Trinajstić information content (AvgIpc) is 3.19. The minimum Gasteiger partial charge on any atom is -0.413 e. The van der Waals surface area contributed by atoms with E-state index in [1.54, 1.807) is 4.73 Å². The second-order valence-corrected chi connectivity index (χ2v) is 11.3. The van der Waals surface area contributed by atoms with Crippen LogP contribution in [-0.2, 0) is 0 Å². The summed E-state index contributed by atoms with van der Waals surface area (Å²) in [5, 5.41) is 25.3. The molecule has 7 heteroatoms. The van der Waals surface area contributed by atoms with E-state index in [1.165, 1.54) is 19.3 Å². The van der Waals surface area contributed by atoms with Crippen molar-refractivity contribution in [1.82, 2.24) is 14.9 Å². The van der Waals surface area contributed by atoms with Crippen LogP contribution in [0, 0.1) is 11.8 Å². The van der Waals surface area contributed by atoms with E-state index >= 15 is 0 Å². The molecule has 2 heterocycles. The molecule has 3 aliphatic rings. The van der Waals surface area contributed by atoms with E-state index in [-0.39, 0.29) is 24.0 Å². The van der Waals surface area contributed by atoms with Gasteiger partial charge in [-0.2, -0.15) is 4.73 Å². The number of aliphatic hydroxyl groups excluding tert-OH is 1. The van der Waals surface area contributed by atoms with Crippen molar-refractivity contribution in [2.75, 3.05) is 26.2 Å². The number of rotatable bonds is 8. The molecule has 0 unspecified atom stereocenters. The zero-order valence-electron chi connectivity index (χ0n) is 21.0. The van der Waals surface area contributed by atoms with Gasteiger partial charge in [0, 0.05) is 31.1 Å². The lowest BCUT2D eigenvalue weighted by Gasteiger charge is -2.39. The fourth-order valence-corrected chi connectivity index (χ4v) is 5.86. The highest BCUT2D eigenvalue weighted by atomic mass is 16.7. The zero-order chi connectivity index (χ0) is 24.4. The Kier molecular flexibility index (Phi) is 7.37. The molecule has 3 N–H and O–H groups in total. The molecule has 192 valence electrons. The third-order valence-electron chi connectivity index (χ3n) is 8.65. The smallest absolute Gasteiger partial charge is 0.271 e. The van der Waals surface area contributed by atoms with Crippen molar-refractivity contribution in [2.24, 2.45) is 11.8 Å². The van der Waals surface area contributed by atoms with Crippen LogP contribution in [0.1, 0.15) is 75.2 Å². The summed E-state index contributed by atoms with van der Waals surface area (Å²) in [7, 11) is 0. The monoisotopic (exact) mass is 483 g/mol. The van der Waals surface area contributed by atoms with E-state index in [0.29, 0.717) is 31.1 Å². The summed E-state index contributed by atoms with van der Waals surface area (Å²) in [5.74, 6) is 0.769. The van der Waals surface area contributed by atoms with Gasteiger partial charge in [0.25, 0.3) is 5.91 Å². The van der Waals surface area contributed by atoms with E-state index in [0.717, 1.165) is 56.2 Å². The van der Waals surface area contributed by atoms with Gasteiger partial charge in [0.2, 0.25) is 0 Å². The van der Waals surface area contributed by atoms with Crippen LogP contribution in [-0.4, -0.2) is 69.7 Å². The Bertz CT molecular complexity index is 1010. The second kappa shape index (κ2) is 10.5. The topological polar surface area (TPSA) is 87.0 Å². The minimum absolute atomic E-state index is 0.0611. The Labute approximate surface area is 208 Å². The number of amides is 1. The first kappa shape index (κ1) is 24.6. The van der Waals surface area contributed by atoms with Crippen molar-refractivity contribution in [2.45, 2.75) is 82.5 Å². The van der Waals surface area contributed by atoms with Crippen molar-refractivity contribution in [1.29, 1.82) is 0 Å². The molecule has 2 aromatic rings.